The quantitative estimate of drug-likeness (QED) is 0.153. The van der Waals surface area contributed by atoms with Crippen LogP contribution in [0.4, 0.5) is 0 Å². The van der Waals surface area contributed by atoms with Crippen molar-refractivity contribution in [2.45, 2.75) is 0 Å². The fourth-order valence-electron chi connectivity index (χ4n) is 9.10. The van der Waals surface area contributed by atoms with Crippen LogP contribution < -0.4 is 0 Å². The molecule has 0 fully saturated rings. The first-order chi connectivity index (χ1) is 32.2. The Hall–Kier alpha value is -8.73. The molecule has 0 aliphatic heterocycles. The van der Waals surface area contributed by atoms with E-state index in [0.29, 0.717) is 17.5 Å². The molecule has 2 aromatic heterocycles. The van der Waals surface area contributed by atoms with Gasteiger partial charge in [-0.1, -0.05) is 212 Å². The van der Waals surface area contributed by atoms with E-state index >= 15 is 0 Å². The van der Waals surface area contributed by atoms with Crippen molar-refractivity contribution in [1.82, 2.24) is 15.0 Å². The number of hydrogen-bond acceptors (Lipinski definition) is 4. The Bertz CT molecular complexity index is 3690. The molecule has 0 N–H and O–H groups in total. The molecule has 4 heteroatoms. The minimum Gasteiger partial charge on any atom is -0.455 e. The van der Waals surface area contributed by atoms with Crippen molar-refractivity contribution in [2.75, 3.05) is 0 Å². The highest BCUT2D eigenvalue weighted by Gasteiger charge is 2.21. The third kappa shape index (κ3) is 7.13. The largest absolute Gasteiger partial charge is 0.455 e. The van der Waals surface area contributed by atoms with Crippen LogP contribution in [0.5, 0.6) is 0 Å². The average molecular weight is 830 g/mol. The molecule has 0 unspecified atom stereocenters. The third-order valence-electron chi connectivity index (χ3n) is 12.4. The summed E-state index contributed by atoms with van der Waals surface area (Å²) < 4.78 is 6.91. The van der Waals surface area contributed by atoms with Gasteiger partial charge >= 0.3 is 0 Å². The maximum absolute atomic E-state index is 6.91. The van der Waals surface area contributed by atoms with Gasteiger partial charge in [-0.25, -0.2) is 15.0 Å². The van der Waals surface area contributed by atoms with Gasteiger partial charge in [-0.05, 0) is 85.1 Å². The standard InChI is InChI=1S/C61H39N3O/c1-4-15-40(16-5-1)43-29-32-45(33-30-43)59-62-60(50-24-12-23-47(38-50)48-34-31-42-19-10-11-22-46(42)37-48)64-61(63-59)54-27-14-28-56-57(54)53-26-13-25-52(58(53)65-56)51-36-35-49(41-17-6-2-7-18-41)39-55(51)44-20-8-3-9-21-44/h1-39H. The van der Waals surface area contributed by atoms with Crippen LogP contribution in [0.2, 0.25) is 0 Å². The van der Waals surface area contributed by atoms with Crippen LogP contribution >= 0.6 is 0 Å². The summed E-state index contributed by atoms with van der Waals surface area (Å²) in [5.74, 6) is 1.76. The highest BCUT2D eigenvalue weighted by molar-refractivity contribution is 6.15. The van der Waals surface area contributed by atoms with Gasteiger partial charge in [-0.2, -0.15) is 0 Å². The van der Waals surface area contributed by atoms with Gasteiger partial charge in [0.25, 0.3) is 0 Å². The van der Waals surface area contributed by atoms with E-state index in [-0.39, 0.29) is 0 Å². The van der Waals surface area contributed by atoms with Crippen molar-refractivity contribution in [3.8, 4) is 89.8 Å². The fraction of sp³-hybridized carbons (Fsp3) is 0. The Morgan fingerprint density at radius 2 is 0.769 bits per heavy atom. The molecule has 0 spiro atoms. The lowest BCUT2D eigenvalue weighted by atomic mass is 9.90. The second-order valence-corrected chi connectivity index (χ2v) is 16.3. The lowest BCUT2D eigenvalue weighted by Crippen LogP contribution is -2.00. The van der Waals surface area contributed by atoms with Crippen molar-refractivity contribution < 1.29 is 4.42 Å². The highest BCUT2D eigenvalue weighted by Crippen LogP contribution is 2.44. The van der Waals surface area contributed by atoms with E-state index in [1.54, 1.807) is 0 Å². The zero-order chi connectivity index (χ0) is 43.1. The van der Waals surface area contributed by atoms with Gasteiger partial charge in [0.2, 0.25) is 0 Å². The normalized spacial score (nSPS) is 11.4. The van der Waals surface area contributed by atoms with Gasteiger partial charge in [-0.3, -0.25) is 0 Å². The number of nitrogens with zero attached hydrogens (tertiary/aromatic N) is 3. The number of rotatable bonds is 8. The molecule has 12 aromatic rings. The lowest BCUT2D eigenvalue weighted by Gasteiger charge is -2.13. The second-order valence-electron chi connectivity index (χ2n) is 16.3. The summed E-state index contributed by atoms with van der Waals surface area (Å²) in [7, 11) is 0. The van der Waals surface area contributed by atoms with Crippen LogP contribution in [0.1, 0.15) is 0 Å². The number of furan rings is 1. The topological polar surface area (TPSA) is 51.8 Å². The van der Waals surface area contributed by atoms with Crippen molar-refractivity contribution in [1.29, 1.82) is 0 Å². The molecule has 0 atom stereocenters. The summed E-state index contributed by atoms with van der Waals surface area (Å²) in [5.41, 5.74) is 15.5. The molecule has 4 nitrogen and oxygen atoms in total. The molecule has 0 saturated carbocycles. The predicted molar refractivity (Wildman–Crippen MR) is 268 cm³/mol. The Balaban J connectivity index is 1.03. The van der Waals surface area contributed by atoms with E-state index in [1.807, 2.05) is 18.2 Å². The molecule has 0 amide bonds. The maximum atomic E-state index is 6.91. The molecule has 0 saturated heterocycles. The number of fused-ring (bicyclic) bond motifs is 4. The van der Waals surface area contributed by atoms with E-state index in [2.05, 4.69) is 218 Å². The SMILES string of the molecule is c1ccc(-c2ccc(-c3nc(-c4cccc(-c5ccc6ccccc6c5)c4)nc(-c4cccc5oc6c(-c7ccc(-c8ccccc8)cc7-c7ccccc7)cccc6c45)n3)cc2)cc1. The first-order valence-electron chi connectivity index (χ1n) is 21.9. The summed E-state index contributed by atoms with van der Waals surface area (Å²) in [5, 5.41) is 4.36. The molecule has 65 heavy (non-hydrogen) atoms. The summed E-state index contributed by atoms with van der Waals surface area (Å²) >= 11 is 0. The van der Waals surface area contributed by atoms with Crippen LogP contribution in [0.3, 0.4) is 0 Å². The predicted octanol–water partition coefficient (Wildman–Crippen LogP) is 16.3. The van der Waals surface area contributed by atoms with E-state index in [1.165, 1.54) is 16.3 Å². The van der Waals surface area contributed by atoms with Gasteiger partial charge < -0.3 is 4.42 Å². The van der Waals surface area contributed by atoms with E-state index < -0.39 is 0 Å². The molecule has 10 aromatic carbocycles. The smallest absolute Gasteiger partial charge is 0.164 e. The summed E-state index contributed by atoms with van der Waals surface area (Å²) in [4.78, 5) is 15.7. The van der Waals surface area contributed by atoms with Gasteiger partial charge in [0.15, 0.2) is 17.5 Å². The fourth-order valence-corrected chi connectivity index (χ4v) is 9.10. The van der Waals surface area contributed by atoms with Crippen LogP contribution in [-0.4, -0.2) is 15.0 Å². The van der Waals surface area contributed by atoms with Crippen molar-refractivity contribution in [3.05, 3.63) is 237 Å². The second kappa shape index (κ2) is 16.2. The zero-order valence-electron chi connectivity index (χ0n) is 35.3. The molecule has 2 heterocycles. The van der Waals surface area contributed by atoms with Gasteiger partial charge in [-0.15, -0.1) is 0 Å². The van der Waals surface area contributed by atoms with E-state index in [9.17, 15) is 0 Å². The maximum Gasteiger partial charge on any atom is 0.164 e. The number of benzene rings is 10. The summed E-state index contributed by atoms with van der Waals surface area (Å²) in [6.07, 6.45) is 0. The molecule has 12 rings (SSSR count). The Morgan fingerprint density at radius 1 is 0.262 bits per heavy atom. The van der Waals surface area contributed by atoms with Crippen molar-refractivity contribution >= 4 is 32.7 Å². The summed E-state index contributed by atoms with van der Waals surface area (Å²) in [6.45, 7) is 0. The van der Waals surface area contributed by atoms with Crippen LogP contribution in [-0.2, 0) is 0 Å². The van der Waals surface area contributed by atoms with Crippen LogP contribution in [0.15, 0.2) is 241 Å². The minimum absolute atomic E-state index is 0.573. The summed E-state index contributed by atoms with van der Waals surface area (Å²) in [6, 6.07) is 82.9. The molecule has 0 aliphatic rings. The van der Waals surface area contributed by atoms with Crippen LogP contribution in [0.25, 0.3) is 123 Å². The lowest BCUT2D eigenvalue weighted by molar-refractivity contribution is 0.670. The minimum atomic E-state index is 0.573. The van der Waals surface area contributed by atoms with Crippen molar-refractivity contribution in [2.24, 2.45) is 0 Å². The Kier molecular flexibility index (Phi) is 9.46. The third-order valence-corrected chi connectivity index (χ3v) is 12.4. The molecule has 0 bridgehead atoms. The Morgan fingerprint density at radius 3 is 1.54 bits per heavy atom. The first-order valence-corrected chi connectivity index (χ1v) is 21.9. The molecule has 304 valence electrons. The number of para-hydroxylation sites is 1. The van der Waals surface area contributed by atoms with Gasteiger partial charge in [0, 0.05) is 33.0 Å². The monoisotopic (exact) mass is 829 g/mol. The van der Waals surface area contributed by atoms with Gasteiger partial charge in [0.1, 0.15) is 11.2 Å². The molecular weight excluding hydrogens is 791 g/mol. The average Bonchev–Trinajstić information content (AvgIpc) is 3.79. The van der Waals surface area contributed by atoms with E-state index in [0.717, 1.165) is 88.7 Å². The Labute approximate surface area is 376 Å². The molecule has 0 aliphatic carbocycles. The number of hydrogen-bond donors (Lipinski definition) is 0. The van der Waals surface area contributed by atoms with Gasteiger partial charge in [0.05, 0.1) is 0 Å². The first kappa shape index (κ1) is 38.0. The van der Waals surface area contributed by atoms with Crippen molar-refractivity contribution in [3.63, 3.8) is 0 Å². The zero-order valence-corrected chi connectivity index (χ0v) is 35.3. The van der Waals surface area contributed by atoms with Crippen LogP contribution in [0, 0.1) is 0 Å². The molecular formula is C61H39N3O. The highest BCUT2D eigenvalue weighted by atomic mass is 16.3. The number of aromatic nitrogens is 3. The van der Waals surface area contributed by atoms with E-state index in [4.69, 9.17) is 19.4 Å². The molecule has 0 radical (unpaired) electrons.